The molecular formula is C11H23NO3S. The predicted molar refractivity (Wildman–Crippen MR) is 67.1 cm³/mol. The molecule has 1 aliphatic rings. The SMILES string of the molecule is COCCOCC(O)CNC1CCCSC1. The van der Waals surface area contributed by atoms with Crippen molar-refractivity contribution in [3.8, 4) is 0 Å². The van der Waals surface area contributed by atoms with Gasteiger partial charge in [-0.25, -0.2) is 0 Å². The van der Waals surface area contributed by atoms with E-state index in [0.717, 1.165) is 5.75 Å². The van der Waals surface area contributed by atoms with Gasteiger partial charge >= 0.3 is 0 Å². The number of methoxy groups -OCH3 is 1. The lowest BCUT2D eigenvalue weighted by atomic mass is 10.2. The van der Waals surface area contributed by atoms with Crippen LogP contribution in [0.25, 0.3) is 0 Å². The summed E-state index contributed by atoms with van der Waals surface area (Å²) >= 11 is 1.99. The maximum Gasteiger partial charge on any atom is 0.0897 e. The van der Waals surface area contributed by atoms with Crippen molar-refractivity contribution in [3.63, 3.8) is 0 Å². The third-order valence-electron chi connectivity index (χ3n) is 2.54. The molecule has 1 aliphatic heterocycles. The Morgan fingerprint density at radius 2 is 2.38 bits per heavy atom. The Labute approximate surface area is 102 Å². The lowest BCUT2D eigenvalue weighted by molar-refractivity contribution is 0.0130. The summed E-state index contributed by atoms with van der Waals surface area (Å²) in [6.07, 6.45) is 2.09. The summed E-state index contributed by atoms with van der Waals surface area (Å²) in [6, 6.07) is 0.562. The van der Waals surface area contributed by atoms with Crippen molar-refractivity contribution in [2.45, 2.75) is 25.0 Å². The van der Waals surface area contributed by atoms with Gasteiger partial charge in [-0.3, -0.25) is 0 Å². The Hall–Kier alpha value is 0.190. The van der Waals surface area contributed by atoms with Crippen LogP contribution in [0.1, 0.15) is 12.8 Å². The van der Waals surface area contributed by atoms with Crippen LogP contribution >= 0.6 is 11.8 Å². The molecule has 2 unspecified atom stereocenters. The summed E-state index contributed by atoms with van der Waals surface area (Å²) in [4.78, 5) is 0. The number of thioether (sulfide) groups is 1. The molecule has 0 saturated carbocycles. The number of hydrogen-bond acceptors (Lipinski definition) is 5. The maximum absolute atomic E-state index is 9.64. The summed E-state index contributed by atoms with van der Waals surface area (Å²) in [5.41, 5.74) is 0. The molecule has 96 valence electrons. The number of aliphatic hydroxyl groups excluding tert-OH is 1. The van der Waals surface area contributed by atoms with Crippen LogP contribution in [0.4, 0.5) is 0 Å². The van der Waals surface area contributed by atoms with E-state index < -0.39 is 6.10 Å². The first-order chi connectivity index (χ1) is 7.83. The van der Waals surface area contributed by atoms with Gasteiger partial charge in [0.25, 0.3) is 0 Å². The van der Waals surface area contributed by atoms with E-state index in [1.54, 1.807) is 7.11 Å². The summed E-state index contributed by atoms with van der Waals surface area (Å²) in [5.74, 6) is 2.44. The van der Waals surface area contributed by atoms with E-state index in [0.29, 0.717) is 32.4 Å². The Balaban J connectivity index is 1.94. The van der Waals surface area contributed by atoms with Crippen LogP contribution in [-0.2, 0) is 9.47 Å². The zero-order valence-corrected chi connectivity index (χ0v) is 10.8. The van der Waals surface area contributed by atoms with Crippen LogP contribution < -0.4 is 5.32 Å². The second-order valence-corrected chi connectivity index (χ2v) is 5.19. The average molecular weight is 249 g/mol. The normalized spacial score (nSPS) is 23.2. The quantitative estimate of drug-likeness (QED) is 0.613. The Morgan fingerprint density at radius 3 is 3.06 bits per heavy atom. The van der Waals surface area contributed by atoms with Crippen LogP contribution in [0, 0.1) is 0 Å². The standard InChI is InChI=1S/C11H23NO3S/c1-14-4-5-15-8-11(13)7-12-10-3-2-6-16-9-10/h10-13H,2-9H2,1H3. The van der Waals surface area contributed by atoms with Crippen LogP contribution in [0.3, 0.4) is 0 Å². The predicted octanol–water partition coefficient (Wildman–Crippen LogP) is 0.496. The number of ether oxygens (including phenoxy) is 2. The van der Waals surface area contributed by atoms with E-state index >= 15 is 0 Å². The van der Waals surface area contributed by atoms with Gasteiger partial charge in [0, 0.05) is 25.4 Å². The van der Waals surface area contributed by atoms with Gasteiger partial charge in [-0.2, -0.15) is 11.8 Å². The summed E-state index contributed by atoms with van der Waals surface area (Å²) < 4.78 is 10.1. The largest absolute Gasteiger partial charge is 0.389 e. The fourth-order valence-electron chi connectivity index (χ4n) is 1.62. The Bertz CT molecular complexity index is 165. The molecule has 1 rings (SSSR count). The molecule has 1 saturated heterocycles. The van der Waals surface area contributed by atoms with Crippen molar-refractivity contribution < 1.29 is 14.6 Å². The van der Waals surface area contributed by atoms with E-state index in [9.17, 15) is 5.11 Å². The maximum atomic E-state index is 9.64. The fourth-order valence-corrected chi connectivity index (χ4v) is 2.73. The molecule has 1 fully saturated rings. The third kappa shape index (κ3) is 6.70. The van der Waals surface area contributed by atoms with Crippen LogP contribution in [0.15, 0.2) is 0 Å². The molecule has 0 bridgehead atoms. The molecule has 0 radical (unpaired) electrons. The van der Waals surface area contributed by atoms with Gasteiger partial charge in [-0.1, -0.05) is 0 Å². The molecule has 16 heavy (non-hydrogen) atoms. The number of hydrogen-bond donors (Lipinski definition) is 2. The molecule has 0 aromatic carbocycles. The highest BCUT2D eigenvalue weighted by Gasteiger charge is 2.14. The van der Waals surface area contributed by atoms with E-state index in [1.165, 1.54) is 18.6 Å². The highest BCUT2D eigenvalue weighted by Crippen LogP contribution is 2.16. The molecule has 1 heterocycles. The topological polar surface area (TPSA) is 50.7 Å². The van der Waals surface area contributed by atoms with E-state index in [4.69, 9.17) is 9.47 Å². The first-order valence-corrected chi connectivity index (χ1v) is 7.04. The molecule has 0 spiro atoms. The lowest BCUT2D eigenvalue weighted by Crippen LogP contribution is -2.40. The van der Waals surface area contributed by atoms with Crippen LogP contribution in [0.5, 0.6) is 0 Å². The Kier molecular flexibility index (Phi) is 8.23. The number of rotatable bonds is 8. The molecule has 2 N–H and O–H groups in total. The van der Waals surface area contributed by atoms with Crippen molar-refractivity contribution >= 4 is 11.8 Å². The molecule has 0 aromatic rings. The van der Waals surface area contributed by atoms with Crippen molar-refractivity contribution in [1.82, 2.24) is 5.32 Å². The van der Waals surface area contributed by atoms with E-state index in [-0.39, 0.29) is 0 Å². The summed E-state index contributed by atoms with van der Waals surface area (Å²) in [5, 5.41) is 13.0. The summed E-state index contributed by atoms with van der Waals surface area (Å²) in [7, 11) is 1.64. The number of nitrogens with one attached hydrogen (secondary N) is 1. The summed E-state index contributed by atoms with van der Waals surface area (Å²) in [6.45, 7) is 2.14. The van der Waals surface area contributed by atoms with E-state index in [1.807, 2.05) is 11.8 Å². The lowest BCUT2D eigenvalue weighted by Gasteiger charge is -2.23. The second-order valence-electron chi connectivity index (χ2n) is 4.04. The molecule has 0 amide bonds. The van der Waals surface area contributed by atoms with Crippen LogP contribution in [0.2, 0.25) is 0 Å². The minimum absolute atomic E-state index is 0.385. The first kappa shape index (κ1) is 14.3. The molecule has 0 aromatic heterocycles. The van der Waals surface area contributed by atoms with Gasteiger partial charge in [-0.15, -0.1) is 0 Å². The average Bonchev–Trinajstić information content (AvgIpc) is 2.33. The smallest absolute Gasteiger partial charge is 0.0897 e. The molecule has 5 heteroatoms. The van der Waals surface area contributed by atoms with Crippen molar-refractivity contribution in [1.29, 1.82) is 0 Å². The molecule has 2 atom stereocenters. The van der Waals surface area contributed by atoms with Gasteiger partial charge in [0.1, 0.15) is 0 Å². The highest BCUT2D eigenvalue weighted by atomic mass is 32.2. The van der Waals surface area contributed by atoms with E-state index in [2.05, 4.69) is 5.32 Å². The number of aliphatic hydroxyl groups is 1. The van der Waals surface area contributed by atoms with Crippen molar-refractivity contribution in [2.75, 3.05) is 45.0 Å². The Morgan fingerprint density at radius 1 is 1.50 bits per heavy atom. The minimum atomic E-state index is -0.413. The molecular weight excluding hydrogens is 226 g/mol. The monoisotopic (exact) mass is 249 g/mol. The highest BCUT2D eigenvalue weighted by molar-refractivity contribution is 7.99. The second kappa shape index (κ2) is 9.24. The van der Waals surface area contributed by atoms with Crippen LogP contribution in [-0.4, -0.2) is 62.2 Å². The molecule has 4 nitrogen and oxygen atoms in total. The van der Waals surface area contributed by atoms with Gasteiger partial charge in [0.2, 0.25) is 0 Å². The van der Waals surface area contributed by atoms with Crippen molar-refractivity contribution in [3.05, 3.63) is 0 Å². The fraction of sp³-hybridized carbons (Fsp3) is 1.00. The first-order valence-electron chi connectivity index (χ1n) is 5.89. The minimum Gasteiger partial charge on any atom is -0.389 e. The third-order valence-corrected chi connectivity index (χ3v) is 3.76. The zero-order valence-electron chi connectivity index (χ0n) is 9.98. The van der Waals surface area contributed by atoms with Crippen molar-refractivity contribution in [2.24, 2.45) is 0 Å². The van der Waals surface area contributed by atoms with Gasteiger partial charge in [0.05, 0.1) is 25.9 Å². The van der Waals surface area contributed by atoms with Gasteiger partial charge in [-0.05, 0) is 18.6 Å². The zero-order chi connectivity index (χ0) is 11.6. The molecule has 0 aliphatic carbocycles. The van der Waals surface area contributed by atoms with Gasteiger partial charge in [0.15, 0.2) is 0 Å². The van der Waals surface area contributed by atoms with Gasteiger partial charge < -0.3 is 19.9 Å².